The van der Waals surface area contributed by atoms with Gasteiger partial charge in [0.1, 0.15) is 0 Å². The highest BCUT2D eigenvalue weighted by molar-refractivity contribution is 6.07. The van der Waals surface area contributed by atoms with Crippen molar-refractivity contribution in [3.63, 3.8) is 0 Å². The number of amides is 2. The smallest absolute Gasteiger partial charge is 0.319 e. The molecule has 4 aromatic rings. The normalized spacial score (nSPS) is 18.3. The van der Waals surface area contributed by atoms with Crippen molar-refractivity contribution in [2.24, 2.45) is 0 Å². The number of methoxy groups -OCH3 is 1. The first-order valence-corrected chi connectivity index (χ1v) is 11.7. The Morgan fingerprint density at radius 1 is 0.971 bits per heavy atom. The zero-order chi connectivity index (χ0) is 23.3. The lowest BCUT2D eigenvalue weighted by Gasteiger charge is -2.21. The molecule has 1 saturated heterocycles. The third-order valence-electron chi connectivity index (χ3n) is 6.56. The predicted octanol–water partition coefficient (Wildman–Crippen LogP) is 5.07. The lowest BCUT2D eigenvalue weighted by atomic mass is 9.94. The van der Waals surface area contributed by atoms with Crippen LogP contribution in [-0.4, -0.2) is 55.3 Å². The van der Waals surface area contributed by atoms with Crippen LogP contribution in [0.1, 0.15) is 11.5 Å². The van der Waals surface area contributed by atoms with Crippen LogP contribution in [-0.2, 0) is 4.74 Å². The SMILES string of the molecule is COCCN1CC(NC(=O)Nc2c(-c3ccccc3)[nH]c3ccccc23)[C@H](c2ccccc2)C1. The number of aromatic nitrogens is 1. The van der Waals surface area contributed by atoms with Crippen molar-refractivity contribution >= 4 is 22.6 Å². The first-order chi connectivity index (χ1) is 16.7. The number of carbonyl (C=O) groups excluding carboxylic acids is 1. The molecule has 2 heterocycles. The van der Waals surface area contributed by atoms with E-state index in [0.717, 1.165) is 47.5 Å². The summed E-state index contributed by atoms with van der Waals surface area (Å²) in [5.74, 6) is 0.223. The number of rotatable bonds is 7. The number of ether oxygens (including phenoxy) is 1. The van der Waals surface area contributed by atoms with Gasteiger partial charge in [-0.3, -0.25) is 4.90 Å². The molecule has 1 fully saturated rings. The van der Waals surface area contributed by atoms with Crippen molar-refractivity contribution in [1.82, 2.24) is 15.2 Å². The summed E-state index contributed by atoms with van der Waals surface area (Å²) in [7, 11) is 1.72. The fourth-order valence-electron chi connectivity index (χ4n) is 4.88. The first kappa shape index (κ1) is 22.2. The summed E-state index contributed by atoms with van der Waals surface area (Å²) in [4.78, 5) is 19.1. The van der Waals surface area contributed by atoms with Crippen molar-refractivity contribution in [1.29, 1.82) is 0 Å². The van der Waals surface area contributed by atoms with Gasteiger partial charge < -0.3 is 20.4 Å². The number of urea groups is 1. The lowest BCUT2D eigenvalue weighted by molar-refractivity contribution is 0.159. The fourth-order valence-corrected chi connectivity index (χ4v) is 4.88. The fraction of sp³-hybridized carbons (Fsp3) is 0.250. The van der Waals surface area contributed by atoms with Crippen molar-refractivity contribution in [3.05, 3.63) is 90.5 Å². The minimum atomic E-state index is -0.193. The minimum Gasteiger partial charge on any atom is -0.383 e. The highest BCUT2D eigenvalue weighted by atomic mass is 16.5. The van der Waals surface area contributed by atoms with Gasteiger partial charge in [-0.15, -0.1) is 0 Å². The number of anilines is 1. The monoisotopic (exact) mass is 454 g/mol. The van der Waals surface area contributed by atoms with E-state index >= 15 is 0 Å². The van der Waals surface area contributed by atoms with E-state index in [0.29, 0.717) is 6.61 Å². The predicted molar refractivity (Wildman–Crippen MR) is 137 cm³/mol. The Morgan fingerprint density at radius 3 is 2.44 bits per heavy atom. The summed E-state index contributed by atoms with van der Waals surface area (Å²) in [5.41, 5.74) is 4.97. The average Bonchev–Trinajstić information content (AvgIpc) is 3.45. The van der Waals surface area contributed by atoms with Crippen LogP contribution in [0.5, 0.6) is 0 Å². The van der Waals surface area contributed by atoms with Crippen molar-refractivity contribution in [2.75, 3.05) is 38.7 Å². The molecule has 3 N–H and O–H groups in total. The van der Waals surface area contributed by atoms with Gasteiger partial charge in [0.15, 0.2) is 0 Å². The molecule has 0 bridgehead atoms. The third kappa shape index (κ3) is 4.69. The second-order valence-corrected chi connectivity index (χ2v) is 8.76. The molecule has 1 unspecified atom stereocenters. The maximum Gasteiger partial charge on any atom is 0.319 e. The number of para-hydroxylation sites is 1. The van der Waals surface area contributed by atoms with Crippen LogP contribution in [0.25, 0.3) is 22.2 Å². The Kier molecular flexibility index (Phi) is 6.60. The molecule has 34 heavy (non-hydrogen) atoms. The zero-order valence-corrected chi connectivity index (χ0v) is 19.3. The Labute approximate surface area is 199 Å². The average molecular weight is 455 g/mol. The van der Waals surface area contributed by atoms with Gasteiger partial charge in [0.2, 0.25) is 0 Å². The van der Waals surface area contributed by atoms with E-state index in [1.165, 1.54) is 5.56 Å². The highest BCUT2D eigenvalue weighted by Crippen LogP contribution is 2.35. The molecule has 6 heteroatoms. The number of hydrogen-bond donors (Lipinski definition) is 3. The standard InChI is InChI=1S/C28H30N4O2/c1-34-17-16-32-18-23(20-10-4-2-5-11-20)25(19-32)30-28(33)31-27-22-14-8-9-15-24(22)29-26(27)21-12-6-3-7-13-21/h2-15,23,25,29H,16-19H2,1H3,(H2,30,31,33)/t23-,25?/m0/s1. The Balaban J connectivity index is 1.39. The van der Waals surface area contributed by atoms with Gasteiger partial charge in [0, 0.05) is 49.1 Å². The maximum atomic E-state index is 13.3. The van der Waals surface area contributed by atoms with Crippen LogP contribution in [0, 0.1) is 0 Å². The summed E-state index contributed by atoms with van der Waals surface area (Å²) in [5, 5.41) is 7.42. The van der Waals surface area contributed by atoms with Crippen LogP contribution in [0.3, 0.4) is 0 Å². The Bertz CT molecular complexity index is 1240. The number of H-pyrrole nitrogens is 1. The molecule has 0 saturated carbocycles. The van der Waals surface area contributed by atoms with Crippen LogP contribution in [0.4, 0.5) is 10.5 Å². The molecule has 0 radical (unpaired) electrons. The number of carbonyl (C=O) groups is 1. The van der Waals surface area contributed by atoms with E-state index in [1.807, 2.05) is 60.7 Å². The van der Waals surface area contributed by atoms with E-state index < -0.39 is 0 Å². The number of aromatic amines is 1. The lowest BCUT2D eigenvalue weighted by Crippen LogP contribution is -2.42. The number of nitrogens with one attached hydrogen (secondary N) is 3. The van der Waals surface area contributed by atoms with E-state index in [-0.39, 0.29) is 18.0 Å². The van der Waals surface area contributed by atoms with E-state index in [4.69, 9.17) is 4.74 Å². The molecule has 6 nitrogen and oxygen atoms in total. The van der Waals surface area contributed by atoms with Crippen molar-refractivity contribution in [2.45, 2.75) is 12.0 Å². The molecule has 0 aliphatic carbocycles. The number of likely N-dealkylation sites (tertiary alicyclic amines) is 1. The number of fused-ring (bicyclic) bond motifs is 1. The molecular formula is C28H30N4O2. The topological polar surface area (TPSA) is 69.4 Å². The van der Waals surface area contributed by atoms with Crippen molar-refractivity contribution < 1.29 is 9.53 Å². The van der Waals surface area contributed by atoms with Gasteiger partial charge in [-0.1, -0.05) is 78.9 Å². The van der Waals surface area contributed by atoms with E-state index in [9.17, 15) is 4.79 Å². The van der Waals surface area contributed by atoms with Crippen molar-refractivity contribution in [3.8, 4) is 11.3 Å². The van der Waals surface area contributed by atoms with Gasteiger partial charge in [-0.25, -0.2) is 4.79 Å². The van der Waals surface area contributed by atoms with Crippen LogP contribution >= 0.6 is 0 Å². The molecule has 1 aliphatic heterocycles. The Hall–Kier alpha value is -3.61. The molecule has 2 atom stereocenters. The number of hydrogen-bond acceptors (Lipinski definition) is 3. The van der Waals surface area contributed by atoms with Crippen LogP contribution in [0.15, 0.2) is 84.9 Å². The summed E-state index contributed by atoms with van der Waals surface area (Å²) < 4.78 is 5.28. The van der Waals surface area contributed by atoms with Gasteiger partial charge in [-0.05, 0) is 11.6 Å². The number of nitrogens with zero attached hydrogens (tertiary/aromatic N) is 1. The molecule has 2 amide bonds. The van der Waals surface area contributed by atoms with Gasteiger partial charge in [0.05, 0.1) is 24.0 Å². The molecule has 1 aromatic heterocycles. The maximum absolute atomic E-state index is 13.3. The molecule has 5 rings (SSSR count). The highest BCUT2D eigenvalue weighted by Gasteiger charge is 2.34. The molecule has 1 aliphatic rings. The summed E-state index contributed by atoms with van der Waals surface area (Å²) in [6, 6.07) is 28.4. The third-order valence-corrected chi connectivity index (χ3v) is 6.56. The molecular weight excluding hydrogens is 424 g/mol. The van der Waals surface area contributed by atoms with Gasteiger partial charge in [0.25, 0.3) is 0 Å². The van der Waals surface area contributed by atoms with Gasteiger partial charge in [-0.2, -0.15) is 0 Å². The largest absolute Gasteiger partial charge is 0.383 e. The van der Waals surface area contributed by atoms with E-state index in [1.54, 1.807) is 7.11 Å². The van der Waals surface area contributed by atoms with Gasteiger partial charge >= 0.3 is 6.03 Å². The second kappa shape index (κ2) is 10.1. The van der Waals surface area contributed by atoms with Crippen LogP contribution < -0.4 is 10.6 Å². The summed E-state index contributed by atoms with van der Waals surface area (Å²) >= 11 is 0. The quantitative estimate of drug-likeness (QED) is 0.365. The zero-order valence-electron chi connectivity index (χ0n) is 19.3. The molecule has 3 aromatic carbocycles. The van der Waals surface area contributed by atoms with Crippen LogP contribution in [0.2, 0.25) is 0 Å². The Morgan fingerprint density at radius 2 is 1.68 bits per heavy atom. The second-order valence-electron chi connectivity index (χ2n) is 8.76. The first-order valence-electron chi connectivity index (χ1n) is 11.7. The van der Waals surface area contributed by atoms with E-state index in [2.05, 4.69) is 44.8 Å². The number of benzene rings is 3. The minimum absolute atomic E-state index is 0.00429. The summed E-state index contributed by atoms with van der Waals surface area (Å²) in [6.45, 7) is 3.20. The summed E-state index contributed by atoms with van der Waals surface area (Å²) in [6.07, 6.45) is 0. The molecule has 0 spiro atoms. The molecule has 174 valence electrons.